The van der Waals surface area contributed by atoms with E-state index in [-0.39, 0.29) is 18.0 Å². The van der Waals surface area contributed by atoms with Crippen molar-refractivity contribution in [2.75, 3.05) is 0 Å². The molecule has 0 aliphatic heterocycles. The fourth-order valence-corrected chi connectivity index (χ4v) is 2.15. The van der Waals surface area contributed by atoms with Crippen molar-refractivity contribution in [3.63, 3.8) is 0 Å². The van der Waals surface area contributed by atoms with E-state index >= 15 is 0 Å². The molecule has 0 unspecified atom stereocenters. The fourth-order valence-electron chi connectivity index (χ4n) is 2.15. The SMILES string of the molecule is O=C(NOCc1ccccc1)c1ccn(-c2cccc([N+](=O)[O-])c2)n1. The van der Waals surface area contributed by atoms with E-state index in [1.165, 1.54) is 22.9 Å². The molecule has 0 saturated carbocycles. The predicted molar refractivity (Wildman–Crippen MR) is 88.9 cm³/mol. The van der Waals surface area contributed by atoms with Gasteiger partial charge in [0.1, 0.15) is 0 Å². The normalized spacial score (nSPS) is 10.4. The summed E-state index contributed by atoms with van der Waals surface area (Å²) in [5, 5.41) is 14.9. The Hall–Kier alpha value is -3.52. The molecule has 0 aliphatic rings. The van der Waals surface area contributed by atoms with Gasteiger partial charge < -0.3 is 0 Å². The minimum Gasteiger partial charge on any atom is -0.269 e. The maximum absolute atomic E-state index is 12.0. The summed E-state index contributed by atoms with van der Waals surface area (Å²) in [5.74, 6) is -0.500. The van der Waals surface area contributed by atoms with E-state index in [2.05, 4.69) is 10.6 Å². The second-order valence-electron chi connectivity index (χ2n) is 5.13. The average molecular weight is 338 g/mol. The largest absolute Gasteiger partial charge is 0.295 e. The minimum atomic E-state index is -0.500. The lowest BCUT2D eigenvalue weighted by molar-refractivity contribution is -0.384. The Morgan fingerprint density at radius 3 is 2.72 bits per heavy atom. The molecule has 1 N–H and O–H groups in total. The van der Waals surface area contributed by atoms with Crippen molar-refractivity contribution < 1.29 is 14.6 Å². The Labute approximate surface area is 142 Å². The summed E-state index contributed by atoms with van der Waals surface area (Å²) < 4.78 is 1.39. The van der Waals surface area contributed by atoms with Crippen LogP contribution in [0.1, 0.15) is 16.1 Å². The van der Waals surface area contributed by atoms with Gasteiger partial charge in [0.15, 0.2) is 5.69 Å². The highest BCUT2D eigenvalue weighted by molar-refractivity contribution is 5.91. The van der Waals surface area contributed by atoms with Crippen molar-refractivity contribution in [3.05, 3.63) is 88.2 Å². The van der Waals surface area contributed by atoms with Crippen molar-refractivity contribution in [2.24, 2.45) is 0 Å². The monoisotopic (exact) mass is 338 g/mol. The van der Waals surface area contributed by atoms with Gasteiger partial charge in [0.05, 0.1) is 17.2 Å². The van der Waals surface area contributed by atoms with E-state index in [1.807, 2.05) is 30.3 Å². The summed E-state index contributed by atoms with van der Waals surface area (Å²) in [6.45, 7) is 0.234. The number of nitro benzene ring substituents is 1. The first-order valence-corrected chi connectivity index (χ1v) is 7.40. The third-order valence-corrected chi connectivity index (χ3v) is 3.37. The zero-order valence-electron chi connectivity index (χ0n) is 13.0. The number of rotatable bonds is 6. The number of nitrogens with one attached hydrogen (secondary N) is 1. The van der Waals surface area contributed by atoms with Crippen molar-refractivity contribution in [1.29, 1.82) is 0 Å². The number of amides is 1. The van der Waals surface area contributed by atoms with Crippen LogP contribution in [-0.4, -0.2) is 20.6 Å². The molecule has 0 fully saturated rings. The third kappa shape index (κ3) is 4.06. The van der Waals surface area contributed by atoms with Gasteiger partial charge in [-0.15, -0.1) is 0 Å². The van der Waals surface area contributed by atoms with Crippen LogP contribution in [0.5, 0.6) is 0 Å². The smallest absolute Gasteiger partial charge is 0.269 e. The first-order valence-electron chi connectivity index (χ1n) is 7.40. The number of hydrogen-bond donors (Lipinski definition) is 1. The number of aromatic nitrogens is 2. The number of carbonyl (C=O) groups excluding carboxylic acids is 1. The number of carbonyl (C=O) groups is 1. The molecule has 1 heterocycles. The lowest BCUT2D eigenvalue weighted by atomic mass is 10.2. The standard InChI is InChI=1S/C17H14N4O4/c22-17(19-25-12-13-5-2-1-3-6-13)16-9-10-20(18-16)14-7-4-8-15(11-14)21(23)24/h1-11H,12H2,(H,19,22). The Morgan fingerprint density at radius 2 is 1.96 bits per heavy atom. The highest BCUT2D eigenvalue weighted by Gasteiger charge is 2.12. The molecule has 0 saturated heterocycles. The number of nitro groups is 1. The van der Waals surface area contributed by atoms with Crippen LogP contribution in [0.2, 0.25) is 0 Å². The quantitative estimate of drug-likeness (QED) is 0.550. The summed E-state index contributed by atoms with van der Waals surface area (Å²) >= 11 is 0. The molecular weight excluding hydrogens is 324 g/mol. The Morgan fingerprint density at radius 1 is 1.16 bits per heavy atom. The number of hydrogen-bond acceptors (Lipinski definition) is 5. The van der Waals surface area contributed by atoms with Gasteiger partial charge in [-0.3, -0.25) is 19.7 Å². The number of hydroxylamine groups is 1. The molecule has 0 atom stereocenters. The molecule has 8 nitrogen and oxygen atoms in total. The zero-order valence-corrected chi connectivity index (χ0v) is 13.0. The summed E-state index contributed by atoms with van der Waals surface area (Å²) in [5.41, 5.74) is 3.81. The first kappa shape index (κ1) is 16.3. The van der Waals surface area contributed by atoms with E-state index < -0.39 is 10.8 Å². The van der Waals surface area contributed by atoms with Crippen molar-refractivity contribution in [3.8, 4) is 5.69 Å². The lowest BCUT2D eigenvalue weighted by Gasteiger charge is -2.04. The van der Waals surface area contributed by atoms with Crippen molar-refractivity contribution >= 4 is 11.6 Å². The molecule has 126 valence electrons. The second kappa shape index (κ2) is 7.37. The second-order valence-corrected chi connectivity index (χ2v) is 5.13. The molecule has 3 rings (SSSR count). The Bertz CT molecular complexity index is 892. The van der Waals surface area contributed by atoms with Crippen LogP contribution in [0.15, 0.2) is 66.9 Å². The molecule has 1 aromatic heterocycles. The molecule has 2 aromatic carbocycles. The molecule has 8 heteroatoms. The van der Waals surface area contributed by atoms with Crippen molar-refractivity contribution in [1.82, 2.24) is 15.3 Å². The minimum absolute atomic E-state index is 0.0507. The van der Waals surface area contributed by atoms with Gasteiger partial charge in [-0.25, -0.2) is 10.2 Å². The van der Waals surface area contributed by atoms with E-state index in [0.717, 1.165) is 5.56 Å². The van der Waals surface area contributed by atoms with Gasteiger partial charge in [0.25, 0.3) is 11.6 Å². The van der Waals surface area contributed by atoms with E-state index in [1.54, 1.807) is 18.3 Å². The number of non-ortho nitro benzene ring substituents is 1. The molecule has 25 heavy (non-hydrogen) atoms. The summed E-state index contributed by atoms with van der Waals surface area (Å²) in [4.78, 5) is 27.5. The van der Waals surface area contributed by atoms with Crippen LogP contribution < -0.4 is 5.48 Å². The average Bonchev–Trinajstić information content (AvgIpc) is 3.13. The highest BCUT2D eigenvalue weighted by atomic mass is 16.7. The molecule has 3 aromatic rings. The maximum atomic E-state index is 12.0. The van der Waals surface area contributed by atoms with Gasteiger partial charge in [-0.2, -0.15) is 5.10 Å². The fraction of sp³-hybridized carbons (Fsp3) is 0.0588. The molecule has 0 aliphatic carbocycles. The summed E-state index contributed by atoms with van der Waals surface area (Å²) in [6, 6.07) is 16.9. The number of nitrogens with zero attached hydrogens (tertiary/aromatic N) is 3. The van der Waals surface area contributed by atoms with Gasteiger partial charge in [-0.05, 0) is 17.7 Å². The third-order valence-electron chi connectivity index (χ3n) is 3.37. The zero-order chi connectivity index (χ0) is 17.6. The van der Waals surface area contributed by atoms with Crippen molar-refractivity contribution in [2.45, 2.75) is 6.61 Å². The van der Waals surface area contributed by atoms with Crippen LogP contribution >= 0.6 is 0 Å². The van der Waals surface area contributed by atoms with Crippen LogP contribution in [0.4, 0.5) is 5.69 Å². The first-order chi connectivity index (χ1) is 12.1. The molecule has 0 radical (unpaired) electrons. The number of benzene rings is 2. The van der Waals surface area contributed by atoms with Crippen LogP contribution in [-0.2, 0) is 11.4 Å². The molecule has 0 bridgehead atoms. The summed E-state index contributed by atoms with van der Waals surface area (Å²) in [7, 11) is 0. The lowest BCUT2D eigenvalue weighted by Crippen LogP contribution is -2.24. The van der Waals surface area contributed by atoms with E-state index in [9.17, 15) is 14.9 Å². The Balaban J connectivity index is 1.63. The highest BCUT2D eigenvalue weighted by Crippen LogP contribution is 2.16. The van der Waals surface area contributed by atoms with Crippen LogP contribution in [0, 0.1) is 10.1 Å². The predicted octanol–water partition coefficient (Wildman–Crippen LogP) is 2.64. The van der Waals surface area contributed by atoms with Crippen LogP contribution in [0.3, 0.4) is 0 Å². The Kier molecular flexibility index (Phi) is 4.82. The molecular formula is C17H14N4O4. The summed E-state index contributed by atoms with van der Waals surface area (Å²) in [6.07, 6.45) is 1.55. The van der Waals surface area contributed by atoms with Gasteiger partial charge >= 0.3 is 0 Å². The molecule has 0 spiro atoms. The van der Waals surface area contributed by atoms with Gasteiger partial charge in [-0.1, -0.05) is 36.4 Å². The van der Waals surface area contributed by atoms with E-state index in [0.29, 0.717) is 5.69 Å². The topological polar surface area (TPSA) is 99.3 Å². The van der Waals surface area contributed by atoms with Crippen LogP contribution in [0.25, 0.3) is 5.69 Å². The maximum Gasteiger partial charge on any atom is 0.295 e. The molecule has 1 amide bonds. The van der Waals surface area contributed by atoms with E-state index in [4.69, 9.17) is 4.84 Å². The van der Waals surface area contributed by atoms with Gasteiger partial charge in [0.2, 0.25) is 0 Å². The van der Waals surface area contributed by atoms with Gasteiger partial charge in [0, 0.05) is 18.3 Å².